The van der Waals surface area contributed by atoms with Gasteiger partial charge in [-0.05, 0) is 25.1 Å². The van der Waals surface area contributed by atoms with E-state index in [1.165, 1.54) is 0 Å². The molecule has 1 aromatic heterocycles. The summed E-state index contributed by atoms with van der Waals surface area (Å²) in [4.78, 5) is 8.63. The maximum atomic E-state index is 9.39. The number of rotatable bonds is 2. The first-order valence-electron chi connectivity index (χ1n) is 5.03. The molecule has 0 unspecified atom stereocenters. The molecule has 0 aliphatic carbocycles. The molecule has 4 heteroatoms. The zero-order valence-electron chi connectivity index (χ0n) is 9.01. The first-order chi connectivity index (χ1) is 7.69. The lowest BCUT2D eigenvalue weighted by Crippen LogP contribution is -2.03. The largest absolute Gasteiger partial charge is 0.508 e. The summed E-state index contributed by atoms with van der Waals surface area (Å²) in [6, 6.07) is 8.72. The minimum atomic E-state index is 0.205. The van der Waals surface area contributed by atoms with Crippen molar-refractivity contribution in [1.29, 1.82) is 0 Å². The predicted molar refractivity (Wildman–Crippen MR) is 61.8 cm³/mol. The van der Waals surface area contributed by atoms with Gasteiger partial charge < -0.3 is 10.8 Å². The Labute approximate surface area is 93.8 Å². The maximum absolute atomic E-state index is 9.39. The molecule has 0 saturated carbocycles. The Hall–Kier alpha value is -1.94. The summed E-state index contributed by atoms with van der Waals surface area (Å²) < 4.78 is 0. The van der Waals surface area contributed by atoms with Gasteiger partial charge >= 0.3 is 0 Å². The fraction of sp³-hybridized carbons (Fsp3) is 0.167. The summed E-state index contributed by atoms with van der Waals surface area (Å²) >= 11 is 0. The second-order valence-electron chi connectivity index (χ2n) is 3.58. The number of nitrogens with two attached hydrogens (primary N) is 1. The minimum Gasteiger partial charge on any atom is -0.508 e. The fourth-order valence-electron chi connectivity index (χ4n) is 1.51. The predicted octanol–water partition coefficient (Wildman–Crippen LogP) is 1.62. The highest BCUT2D eigenvalue weighted by Gasteiger charge is 2.04. The van der Waals surface area contributed by atoms with Crippen LogP contribution in [0.3, 0.4) is 0 Å². The molecule has 0 radical (unpaired) electrons. The molecule has 4 nitrogen and oxygen atoms in total. The molecule has 0 spiro atoms. The van der Waals surface area contributed by atoms with Crippen LogP contribution in [0.4, 0.5) is 0 Å². The van der Waals surface area contributed by atoms with E-state index in [4.69, 9.17) is 5.73 Å². The second kappa shape index (κ2) is 4.28. The summed E-state index contributed by atoms with van der Waals surface area (Å²) in [6.07, 6.45) is 0. The normalized spacial score (nSPS) is 10.4. The Morgan fingerprint density at radius 3 is 2.75 bits per heavy atom. The van der Waals surface area contributed by atoms with Crippen LogP contribution < -0.4 is 5.73 Å². The number of phenolic OH excluding ortho intramolecular Hbond substituents is 1. The number of phenols is 1. The van der Waals surface area contributed by atoms with Gasteiger partial charge in [-0.1, -0.05) is 12.1 Å². The molecule has 0 aliphatic rings. The van der Waals surface area contributed by atoms with Crippen molar-refractivity contribution >= 4 is 0 Å². The van der Waals surface area contributed by atoms with Crippen LogP contribution >= 0.6 is 0 Å². The van der Waals surface area contributed by atoms with Crippen LogP contribution in [0.1, 0.15) is 11.4 Å². The molecule has 16 heavy (non-hydrogen) atoms. The minimum absolute atomic E-state index is 0.205. The second-order valence-corrected chi connectivity index (χ2v) is 3.58. The Kier molecular flexibility index (Phi) is 2.83. The van der Waals surface area contributed by atoms with Crippen molar-refractivity contribution in [2.45, 2.75) is 13.5 Å². The van der Waals surface area contributed by atoms with Crippen LogP contribution in [0.25, 0.3) is 11.4 Å². The van der Waals surface area contributed by atoms with Crippen molar-refractivity contribution in [1.82, 2.24) is 9.97 Å². The Bertz CT molecular complexity index is 511. The van der Waals surface area contributed by atoms with Gasteiger partial charge in [-0.25, -0.2) is 9.97 Å². The van der Waals surface area contributed by atoms with E-state index in [0.717, 1.165) is 17.0 Å². The molecule has 0 amide bonds. The third kappa shape index (κ3) is 2.17. The Balaban J connectivity index is 2.51. The summed E-state index contributed by atoms with van der Waals surface area (Å²) in [5, 5.41) is 9.39. The van der Waals surface area contributed by atoms with Crippen molar-refractivity contribution in [3.05, 3.63) is 41.7 Å². The SMILES string of the molecule is Cc1cc(CN)nc(-c2cccc(O)c2)n1. The molecule has 0 bridgehead atoms. The van der Waals surface area contributed by atoms with E-state index in [1.807, 2.05) is 19.1 Å². The van der Waals surface area contributed by atoms with Crippen molar-refractivity contribution in [3.8, 4) is 17.1 Å². The number of benzene rings is 1. The molecule has 3 N–H and O–H groups in total. The van der Waals surface area contributed by atoms with Gasteiger partial charge in [-0.15, -0.1) is 0 Å². The van der Waals surface area contributed by atoms with Gasteiger partial charge in [0.25, 0.3) is 0 Å². The topological polar surface area (TPSA) is 72.0 Å². The van der Waals surface area contributed by atoms with Crippen LogP contribution in [0.2, 0.25) is 0 Å². The zero-order chi connectivity index (χ0) is 11.5. The Morgan fingerprint density at radius 1 is 1.25 bits per heavy atom. The van der Waals surface area contributed by atoms with E-state index in [1.54, 1.807) is 18.2 Å². The monoisotopic (exact) mass is 215 g/mol. The molecule has 1 heterocycles. The van der Waals surface area contributed by atoms with Gasteiger partial charge in [0.1, 0.15) is 5.75 Å². The molecule has 2 aromatic rings. The zero-order valence-corrected chi connectivity index (χ0v) is 9.01. The smallest absolute Gasteiger partial charge is 0.159 e. The molecule has 0 atom stereocenters. The lowest BCUT2D eigenvalue weighted by Gasteiger charge is -2.04. The third-order valence-corrected chi connectivity index (χ3v) is 2.22. The molecule has 82 valence electrons. The van der Waals surface area contributed by atoms with Gasteiger partial charge in [0.2, 0.25) is 0 Å². The van der Waals surface area contributed by atoms with Crippen molar-refractivity contribution in [3.63, 3.8) is 0 Å². The molecule has 0 aliphatic heterocycles. The average molecular weight is 215 g/mol. The van der Waals surface area contributed by atoms with E-state index in [0.29, 0.717) is 12.4 Å². The summed E-state index contributed by atoms with van der Waals surface area (Å²) in [6.45, 7) is 2.28. The molecular weight excluding hydrogens is 202 g/mol. The Morgan fingerprint density at radius 2 is 2.06 bits per heavy atom. The number of hydrogen-bond acceptors (Lipinski definition) is 4. The van der Waals surface area contributed by atoms with Crippen molar-refractivity contribution in [2.24, 2.45) is 5.73 Å². The number of nitrogens with zero attached hydrogens (tertiary/aromatic N) is 2. The lowest BCUT2D eigenvalue weighted by molar-refractivity contribution is 0.475. The number of aromatic hydroxyl groups is 1. The third-order valence-electron chi connectivity index (χ3n) is 2.22. The van der Waals surface area contributed by atoms with Crippen LogP contribution in [-0.2, 0) is 6.54 Å². The van der Waals surface area contributed by atoms with E-state index in [9.17, 15) is 5.11 Å². The van der Waals surface area contributed by atoms with E-state index >= 15 is 0 Å². The summed E-state index contributed by atoms with van der Waals surface area (Å²) in [7, 11) is 0. The van der Waals surface area contributed by atoms with Gasteiger partial charge in [0.05, 0.1) is 5.69 Å². The van der Waals surface area contributed by atoms with E-state index in [2.05, 4.69) is 9.97 Å². The highest BCUT2D eigenvalue weighted by atomic mass is 16.3. The van der Waals surface area contributed by atoms with Gasteiger partial charge in [-0.3, -0.25) is 0 Å². The molecule has 0 fully saturated rings. The van der Waals surface area contributed by atoms with Crippen LogP contribution in [0.15, 0.2) is 30.3 Å². The summed E-state index contributed by atoms with van der Waals surface area (Å²) in [5.74, 6) is 0.799. The van der Waals surface area contributed by atoms with Gasteiger partial charge in [0, 0.05) is 17.8 Å². The highest BCUT2D eigenvalue weighted by Crippen LogP contribution is 2.20. The lowest BCUT2D eigenvalue weighted by atomic mass is 10.2. The van der Waals surface area contributed by atoms with E-state index in [-0.39, 0.29) is 5.75 Å². The van der Waals surface area contributed by atoms with Crippen LogP contribution in [0.5, 0.6) is 5.75 Å². The summed E-state index contributed by atoms with van der Waals surface area (Å²) in [5.41, 5.74) is 8.01. The molecule has 1 aromatic carbocycles. The number of aryl methyl sites for hydroxylation is 1. The number of aromatic nitrogens is 2. The van der Waals surface area contributed by atoms with E-state index < -0.39 is 0 Å². The maximum Gasteiger partial charge on any atom is 0.159 e. The number of hydrogen-bond donors (Lipinski definition) is 2. The van der Waals surface area contributed by atoms with Crippen molar-refractivity contribution in [2.75, 3.05) is 0 Å². The first kappa shape index (κ1) is 10.6. The van der Waals surface area contributed by atoms with Crippen LogP contribution in [-0.4, -0.2) is 15.1 Å². The van der Waals surface area contributed by atoms with Gasteiger partial charge in [0.15, 0.2) is 5.82 Å². The van der Waals surface area contributed by atoms with Gasteiger partial charge in [-0.2, -0.15) is 0 Å². The fourth-order valence-corrected chi connectivity index (χ4v) is 1.51. The highest BCUT2D eigenvalue weighted by molar-refractivity contribution is 5.57. The average Bonchev–Trinajstić information content (AvgIpc) is 2.28. The van der Waals surface area contributed by atoms with Crippen LogP contribution in [0, 0.1) is 6.92 Å². The van der Waals surface area contributed by atoms with Crippen molar-refractivity contribution < 1.29 is 5.11 Å². The molecule has 2 rings (SSSR count). The standard InChI is InChI=1S/C12H13N3O/c1-8-5-10(7-13)15-12(14-8)9-3-2-4-11(16)6-9/h2-6,16H,7,13H2,1H3. The molecule has 0 saturated heterocycles. The quantitative estimate of drug-likeness (QED) is 0.798. The molecular formula is C12H13N3O. The first-order valence-corrected chi connectivity index (χ1v) is 5.03.